The third-order valence-corrected chi connectivity index (χ3v) is 5.57. The van der Waals surface area contributed by atoms with Gasteiger partial charge in [-0.2, -0.15) is 0 Å². The van der Waals surface area contributed by atoms with E-state index in [0.717, 1.165) is 38.0 Å². The van der Waals surface area contributed by atoms with Gasteiger partial charge in [0.05, 0.1) is 11.8 Å². The van der Waals surface area contributed by atoms with Gasteiger partial charge in [0.25, 0.3) is 0 Å². The van der Waals surface area contributed by atoms with Crippen LogP contribution in [-0.4, -0.2) is 24.1 Å². The molecule has 5 rings (SSSR count). The van der Waals surface area contributed by atoms with Crippen molar-refractivity contribution in [2.45, 2.75) is 183 Å². The number of ether oxygens (including phenoxy) is 2. The lowest BCUT2D eigenvalue weighted by atomic mass is 9.90. The summed E-state index contributed by atoms with van der Waals surface area (Å²) in [6.07, 6.45) is 8.51. The largest absolute Gasteiger partial charge is 0.462 e. The zero-order valence-electron chi connectivity index (χ0n) is 11.0. The van der Waals surface area contributed by atoms with Crippen molar-refractivity contribution in [1.82, 2.24) is 0 Å². The first-order chi connectivity index (χ1) is 9.20. The van der Waals surface area contributed by atoms with Crippen LogP contribution in [0.25, 0.3) is 0 Å². The summed E-state index contributed by atoms with van der Waals surface area (Å²) in [6, 6.07) is 0. The van der Waals surface area contributed by atoms with E-state index >= 15 is 0 Å². The summed E-state index contributed by atoms with van der Waals surface area (Å²) in [6.45, 7) is 0. The van der Waals surface area contributed by atoms with Crippen molar-refractivity contribution in [2.24, 2.45) is 23.7 Å². The van der Waals surface area contributed by atoms with E-state index in [2.05, 4.69) is 0 Å². The molecule has 6 atom stereocenters. The van der Waals surface area contributed by atoms with E-state index in [-0.39, 0.29) is 150 Å². The lowest BCUT2D eigenvalue weighted by molar-refractivity contribution is -0.144. The third-order valence-electron chi connectivity index (χ3n) is 5.57. The molecule has 0 aromatic rings. The van der Waals surface area contributed by atoms with Crippen LogP contribution >= 0.6 is 0 Å². The minimum Gasteiger partial charge on any atom is -0.462 e. The Morgan fingerprint density at radius 2 is 0.972 bits per heavy atom. The molecule has 0 aromatic heterocycles. The van der Waals surface area contributed by atoms with Crippen molar-refractivity contribution in [1.29, 1.82) is 0 Å². The highest BCUT2D eigenvalue weighted by Gasteiger charge is 2.56. The monoisotopic (exact) mass is 537 g/mol. The van der Waals surface area contributed by atoms with Crippen LogP contribution in [0.3, 0.4) is 0 Å². The van der Waals surface area contributed by atoms with E-state index in [1.165, 1.54) is 12.8 Å². The second kappa shape index (κ2) is 36.1. The minimum absolute atomic E-state index is 0. The molecule has 2 aliphatic heterocycles. The van der Waals surface area contributed by atoms with E-state index in [1.807, 2.05) is 0 Å². The number of esters is 2. The van der Waals surface area contributed by atoms with Gasteiger partial charge in [-0.25, -0.2) is 0 Å². The summed E-state index contributed by atoms with van der Waals surface area (Å²) < 4.78 is 10.2. The van der Waals surface area contributed by atoms with E-state index in [4.69, 9.17) is 9.47 Å². The molecule has 2 saturated heterocycles. The van der Waals surface area contributed by atoms with Gasteiger partial charge in [0.1, 0.15) is 12.2 Å². The molecule has 240 valence electrons. The molecule has 36 heavy (non-hydrogen) atoms. The molecule has 6 unspecified atom stereocenters. The molecule has 5 aliphatic rings. The summed E-state index contributed by atoms with van der Waals surface area (Å²) in [5.74, 6) is 2.17. The van der Waals surface area contributed by atoms with Crippen molar-refractivity contribution < 1.29 is 19.1 Å². The highest BCUT2D eigenvalue weighted by atomic mass is 16.6. The Hall–Kier alpha value is -1.06. The van der Waals surface area contributed by atoms with Crippen molar-refractivity contribution in [3.05, 3.63) is 0 Å². The molecule has 4 heteroatoms. The van der Waals surface area contributed by atoms with Gasteiger partial charge < -0.3 is 9.47 Å². The Labute approximate surface area is 238 Å². The molecule has 3 saturated carbocycles. The van der Waals surface area contributed by atoms with Crippen molar-refractivity contribution in [3.63, 3.8) is 0 Å². The molecular weight excluding hydrogens is 448 g/mol. The van der Waals surface area contributed by atoms with Crippen LogP contribution in [0, 0.1) is 23.7 Å². The summed E-state index contributed by atoms with van der Waals surface area (Å²) in [5, 5.41) is 0. The Bertz CT molecular complexity index is 420. The van der Waals surface area contributed by atoms with Crippen LogP contribution in [0.4, 0.5) is 0 Å². The molecular formula is C32H88O4. The molecule has 4 bridgehead atoms. The highest BCUT2D eigenvalue weighted by molar-refractivity contribution is 5.76. The van der Waals surface area contributed by atoms with E-state index < -0.39 is 0 Å². The SMILES string of the molecule is C.C.C.C.C.C.C.C.C.C.C.C.C.C.C.C.C.O=C1OC2CC3CC1C2C3.O=C1OC2CCCC1C2. The predicted molar refractivity (Wildman–Crippen MR) is 180 cm³/mol. The van der Waals surface area contributed by atoms with E-state index in [0.29, 0.717) is 17.9 Å². The minimum atomic E-state index is 0. The summed E-state index contributed by atoms with van der Waals surface area (Å²) in [5.41, 5.74) is 0. The summed E-state index contributed by atoms with van der Waals surface area (Å²) in [7, 11) is 0. The lowest BCUT2D eigenvalue weighted by Crippen LogP contribution is -2.15. The van der Waals surface area contributed by atoms with Crippen molar-refractivity contribution >= 4 is 11.9 Å². The quantitative estimate of drug-likeness (QED) is 0.289. The lowest BCUT2D eigenvalue weighted by Gasteiger charge is -2.12. The van der Waals surface area contributed by atoms with Gasteiger partial charge in [0.15, 0.2) is 0 Å². The molecule has 3 aliphatic carbocycles. The Balaban J connectivity index is -0.0000000153. The van der Waals surface area contributed by atoms with Gasteiger partial charge in [-0.1, -0.05) is 126 Å². The number of fused-ring (bicyclic) bond motifs is 3. The molecule has 5 fully saturated rings. The van der Waals surface area contributed by atoms with E-state index in [1.54, 1.807) is 0 Å². The second-order valence-corrected chi connectivity index (χ2v) is 6.74. The summed E-state index contributed by atoms with van der Waals surface area (Å²) in [4.78, 5) is 21.9. The van der Waals surface area contributed by atoms with Gasteiger partial charge in [-0.15, -0.1) is 0 Å². The Morgan fingerprint density at radius 1 is 0.500 bits per heavy atom. The fraction of sp³-hybridized carbons (Fsp3) is 0.938. The standard InChI is InChI=1S/C8H10O2.C7H10O2.17CH4/c9-8-6-2-4-1-5(6)7(3-4)10-8;8-7-5-2-1-3-6(4-5)9-7;;;;;;;;;;;;;;;;;/h4-7H,1-3H2;5-6H,1-4H2;17*1H4. The third kappa shape index (κ3) is 16.6. The topological polar surface area (TPSA) is 52.6 Å². The van der Waals surface area contributed by atoms with E-state index in [9.17, 15) is 9.59 Å². The van der Waals surface area contributed by atoms with Gasteiger partial charge in [0, 0.05) is 5.92 Å². The van der Waals surface area contributed by atoms with Crippen LogP contribution in [0.1, 0.15) is 171 Å². The molecule has 0 amide bonds. The summed E-state index contributed by atoms with van der Waals surface area (Å²) >= 11 is 0. The van der Waals surface area contributed by atoms with Gasteiger partial charge >= 0.3 is 11.9 Å². The molecule has 0 radical (unpaired) electrons. The Kier molecular flexibility index (Phi) is 92.0. The first kappa shape index (κ1) is 91.8. The zero-order chi connectivity index (χ0) is 13.0. The Morgan fingerprint density at radius 3 is 1.31 bits per heavy atom. The van der Waals surface area contributed by atoms with Gasteiger partial charge in [-0.05, 0) is 50.9 Å². The number of carbonyl (C=O) groups excluding carboxylic acids is 2. The molecule has 0 spiro atoms. The maximum absolute atomic E-state index is 11.1. The van der Waals surface area contributed by atoms with Crippen LogP contribution in [0.5, 0.6) is 0 Å². The van der Waals surface area contributed by atoms with Crippen molar-refractivity contribution in [2.75, 3.05) is 0 Å². The van der Waals surface area contributed by atoms with Gasteiger partial charge in [0.2, 0.25) is 0 Å². The normalized spacial score (nSPS) is 25.7. The number of carbonyl (C=O) groups is 2. The first-order valence-corrected chi connectivity index (χ1v) is 7.61. The fourth-order valence-corrected chi connectivity index (χ4v) is 4.66. The molecule has 4 nitrogen and oxygen atoms in total. The van der Waals surface area contributed by atoms with Gasteiger partial charge in [-0.3, -0.25) is 9.59 Å². The predicted octanol–water partition coefficient (Wildman–Crippen LogP) is 12.9. The van der Waals surface area contributed by atoms with Crippen LogP contribution in [0.2, 0.25) is 0 Å². The average Bonchev–Trinajstić information content (AvgIpc) is 3.07. The maximum atomic E-state index is 11.1. The molecule has 0 N–H and O–H groups in total. The number of hydrogen-bond acceptors (Lipinski definition) is 4. The van der Waals surface area contributed by atoms with Crippen molar-refractivity contribution in [3.8, 4) is 0 Å². The first-order valence-electron chi connectivity index (χ1n) is 7.61. The van der Waals surface area contributed by atoms with Crippen LogP contribution in [0.15, 0.2) is 0 Å². The second-order valence-electron chi connectivity index (χ2n) is 6.74. The number of hydrogen-bond donors (Lipinski definition) is 0. The molecule has 0 aromatic carbocycles. The number of rotatable bonds is 0. The maximum Gasteiger partial charge on any atom is 0.309 e. The fourth-order valence-electron chi connectivity index (χ4n) is 4.66. The average molecular weight is 537 g/mol. The molecule has 2 heterocycles. The van der Waals surface area contributed by atoms with Crippen LogP contribution < -0.4 is 0 Å². The van der Waals surface area contributed by atoms with Crippen LogP contribution in [-0.2, 0) is 19.1 Å². The zero-order valence-corrected chi connectivity index (χ0v) is 11.0. The smallest absolute Gasteiger partial charge is 0.309 e. The highest BCUT2D eigenvalue weighted by Crippen LogP contribution is 2.54.